The molecule has 0 aliphatic carbocycles. The minimum absolute atomic E-state index is 0.0710. The van der Waals surface area contributed by atoms with E-state index in [2.05, 4.69) is 24.0 Å². The standard InChI is InChI=1S/C18H21NO2/c1-4-19(17-8-6-5-7-9-17)13-16-12-15(14(2)20)10-11-18(16)21-3/h5-12H,4,13H2,1-3H3. The van der Waals surface area contributed by atoms with Crippen LogP contribution >= 0.6 is 0 Å². The van der Waals surface area contributed by atoms with E-state index in [1.54, 1.807) is 14.0 Å². The lowest BCUT2D eigenvalue weighted by Gasteiger charge is -2.24. The largest absolute Gasteiger partial charge is 0.496 e. The predicted molar refractivity (Wildman–Crippen MR) is 86.2 cm³/mol. The lowest BCUT2D eigenvalue weighted by molar-refractivity contribution is 0.101. The van der Waals surface area contributed by atoms with Gasteiger partial charge in [-0.2, -0.15) is 0 Å². The zero-order valence-electron chi connectivity index (χ0n) is 12.8. The first kappa shape index (κ1) is 15.1. The van der Waals surface area contributed by atoms with Crippen LogP contribution in [0.25, 0.3) is 0 Å². The molecule has 0 amide bonds. The minimum atomic E-state index is 0.0710. The van der Waals surface area contributed by atoms with Gasteiger partial charge in [-0.15, -0.1) is 0 Å². The normalized spacial score (nSPS) is 10.2. The number of hydrogen-bond donors (Lipinski definition) is 0. The number of carbonyl (C=O) groups is 1. The number of anilines is 1. The summed E-state index contributed by atoms with van der Waals surface area (Å²) in [5.41, 5.74) is 2.90. The number of benzene rings is 2. The fraction of sp³-hybridized carbons (Fsp3) is 0.278. The molecule has 0 saturated heterocycles. The Morgan fingerprint density at radius 2 is 1.86 bits per heavy atom. The van der Waals surface area contributed by atoms with Gasteiger partial charge in [0, 0.05) is 29.9 Å². The average Bonchev–Trinajstić information content (AvgIpc) is 2.53. The molecule has 0 unspecified atom stereocenters. The Morgan fingerprint density at radius 1 is 1.14 bits per heavy atom. The maximum Gasteiger partial charge on any atom is 0.159 e. The van der Waals surface area contributed by atoms with Crippen molar-refractivity contribution in [2.75, 3.05) is 18.6 Å². The third kappa shape index (κ3) is 3.63. The molecule has 0 saturated carbocycles. The molecule has 21 heavy (non-hydrogen) atoms. The van der Waals surface area contributed by atoms with Crippen molar-refractivity contribution in [3.8, 4) is 5.75 Å². The molecule has 0 bridgehead atoms. The van der Waals surface area contributed by atoms with Crippen LogP contribution in [0.2, 0.25) is 0 Å². The van der Waals surface area contributed by atoms with E-state index in [-0.39, 0.29) is 5.78 Å². The van der Waals surface area contributed by atoms with Gasteiger partial charge in [-0.25, -0.2) is 0 Å². The van der Waals surface area contributed by atoms with Crippen LogP contribution < -0.4 is 9.64 Å². The first-order chi connectivity index (χ1) is 10.2. The zero-order valence-corrected chi connectivity index (χ0v) is 12.8. The van der Waals surface area contributed by atoms with Crippen molar-refractivity contribution in [3.05, 3.63) is 59.7 Å². The maximum absolute atomic E-state index is 11.6. The fourth-order valence-electron chi connectivity index (χ4n) is 2.35. The molecule has 0 spiro atoms. The number of nitrogens with zero attached hydrogens (tertiary/aromatic N) is 1. The molecule has 0 atom stereocenters. The molecular weight excluding hydrogens is 262 g/mol. The molecule has 0 heterocycles. The highest BCUT2D eigenvalue weighted by Crippen LogP contribution is 2.24. The zero-order chi connectivity index (χ0) is 15.2. The minimum Gasteiger partial charge on any atom is -0.496 e. The Kier molecular flexibility index (Phi) is 4.99. The number of ketones is 1. The molecule has 3 nitrogen and oxygen atoms in total. The van der Waals surface area contributed by atoms with Crippen LogP contribution in [0.5, 0.6) is 5.75 Å². The van der Waals surface area contributed by atoms with Crippen molar-refractivity contribution < 1.29 is 9.53 Å². The summed E-state index contributed by atoms with van der Waals surface area (Å²) >= 11 is 0. The lowest BCUT2D eigenvalue weighted by Crippen LogP contribution is -2.22. The van der Waals surface area contributed by atoms with Gasteiger partial charge in [0.15, 0.2) is 5.78 Å². The maximum atomic E-state index is 11.6. The quantitative estimate of drug-likeness (QED) is 0.752. The highest BCUT2D eigenvalue weighted by atomic mass is 16.5. The molecule has 2 aromatic carbocycles. The average molecular weight is 283 g/mol. The fourth-order valence-corrected chi connectivity index (χ4v) is 2.35. The Hall–Kier alpha value is -2.29. The van der Waals surface area contributed by atoms with Gasteiger partial charge < -0.3 is 9.64 Å². The molecule has 0 radical (unpaired) electrons. The summed E-state index contributed by atoms with van der Waals surface area (Å²) in [5, 5.41) is 0. The molecule has 2 aromatic rings. The summed E-state index contributed by atoms with van der Waals surface area (Å²) in [6.45, 7) is 5.30. The summed E-state index contributed by atoms with van der Waals surface area (Å²) in [4.78, 5) is 13.8. The molecule has 0 N–H and O–H groups in total. The number of carbonyl (C=O) groups excluding carboxylic acids is 1. The SMILES string of the molecule is CCN(Cc1cc(C(C)=O)ccc1OC)c1ccccc1. The molecule has 110 valence electrons. The monoisotopic (exact) mass is 283 g/mol. The number of Topliss-reactive ketones (excluding diaryl/α,β-unsaturated/α-hetero) is 1. The molecule has 0 aromatic heterocycles. The molecule has 3 heteroatoms. The predicted octanol–water partition coefficient (Wildman–Crippen LogP) is 3.92. The summed E-state index contributed by atoms with van der Waals surface area (Å²) < 4.78 is 5.42. The van der Waals surface area contributed by atoms with Gasteiger partial charge in [-0.3, -0.25) is 4.79 Å². The number of hydrogen-bond acceptors (Lipinski definition) is 3. The highest BCUT2D eigenvalue weighted by molar-refractivity contribution is 5.94. The van der Waals surface area contributed by atoms with Crippen molar-refractivity contribution in [2.45, 2.75) is 20.4 Å². The molecular formula is C18H21NO2. The van der Waals surface area contributed by atoms with Gasteiger partial charge >= 0.3 is 0 Å². The van der Waals surface area contributed by atoms with Gasteiger partial charge in [0.2, 0.25) is 0 Å². The number of methoxy groups -OCH3 is 1. The van der Waals surface area contributed by atoms with Crippen LogP contribution in [0.4, 0.5) is 5.69 Å². The lowest BCUT2D eigenvalue weighted by atomic mass is 10.1. The number of rotatable bonds is 6. The van der Waals surface area contributed by atoms with Crippen LogP contribution in [0.15, 0.2) is 48.5 Å². The van der Waals surface area contributed by atoms with Gasteiger partial charge in [0.25, 0.3) is 0 Å². The molecule has 0 aliphatic rings. The van der Waals surface area contributed by atoms with E-state index in [4.69, 9.17) is 4.74 Å². The summed E-state index contributed by atoms with van der Waals surface area (Å²) in [6.07, 6.45) is 0. The van der Waals surface area contributed by atoms with Gasteiger partial charge in [-0.1, -0.05) is 18.2 Å². The van der Waals surface area contributed by atoms with Crippen molar-refractivity contribution in [1.29, 1.82) is 0 Å². The van der Waals surface area contributed by atoms with E-state index < -0.39 is 0 Å². The Balaban J connectivity index is 2.32. The first-order valence-electron chi connectivity index (χ1n) is 7.13. The first-order valence-corrected chi connectivity index (χ1v) is 7.13. The van der Waals surface area contributed by atoms with E-state index in [0.29, 0.717) is 6.54 Å². The summed E-state index contributed by atoms with van der Waals surface area (Å²) in [6, 6.07) is 15.8. The van der Waals surface area contributed by atoms with Crippen LogP contribution in [0.1, 0.15) is 29.8 Å². The Labute approximate surface area is 126 Å². The van der Waals surface area contributed by atoms with Crippen molar-refractivity contribution in [3.63, 3.8) is 0 Å². The third-order valence-corrected chi connectivity index (χ3v) is 3.55. The van der Waals surface area contributed by atoms with Crippen LogP contribution in [0.3, 0.4) is 0 Å². The van der Waals surface area contributed by atoms with Crippen molar-refractivity contribution in [1.82, 2.24) is 0 Å². The second kappa shape index (κ2) is 6.93. The van der Waals surface area contributed by atoms with Gasteiger partial charge in [0.1, 0.15) is 5.75 Å². The van der Waals surface area contributed by atoms with Crippen LogP contribution in [0, 0.1) is 0 Å². The molecule has 2 rings (SSSR count). The Morgan fingerprint density at radius 3 is 2.43 bits per heavy atom. The van der Waals surface area contributed by atoms with Gasteiger partial charge in [0.05, 0.1) is 7.11 Å². The second-order valence-corrected chi connectivity index (χ2v) is 4.93. The van der Waals surface area contributed by atoms with E-state index in [1.165, 1.54) is 0 Å². The number of ether oxygens (including phenoxy) is 1. The van der Waals surface area contributed by atoms with Gasteiger partial charge in [-0.05, 0) is 44.2 Å². The summed E-state index contributed by atoms with van der Waals surface area (Å²) in [5.74, 6) is 0.885. The topological polar surface area (TPSA) is 29.5 Å². The van der Waals surface area contributed by atoms with E-state index in [9.17, 15) is 4.79 Å². The smallest absolute Gasteiger partial charge is 0.159 e. The second-order valence-electron chi connectivity index (χ2n) is 4.93. The highest BCUT2D eigenvalue weighted by Gasteiger charge is 2.11. The molecule has 0 aliphatic heterocycles. The van der Waals surface area contributed by atoms with E-state index in [1.807, 2.05) is 36.4 Å². The Bertz CT molecular complexity index is 608. The van der Waals surface area contributed by atoms with Crippen LogP contribution in [-0.2, 0) is 6.54 Å². The van der Waals surface area contributed by atoms with Crippen LogP contribution in [-0.4, -0.2) is 19.4 Å². The van der Waals surface area contributed by atoms with E-state index in [0.717, 1.165) is 29.1 Å². The molecule has 0 fully saturated rings. The third-order valence-electron chi connectivity index (χ3n) is 3.55. The summed E-state index contributed by atoms with van der Waals surface area (Å²) in [7, 11) is 1.66. The van der Waals surface area contributed by atoms with Crippen molar-refractivity contribution >= 4 is 11.5 Å². The van der Waals surface area contributed by atoms with Crippen molar-refractivity contribution in [2.24, 2.45) is 0 Å². The van der Waals surface area contributed by atoms with E-state index >= 15 is 0 Å². The number of para-hydroxylation sites is 1.